The maximum absolute atomic E-state index is 12.8. The van der Waals surface area contributed by atoms with Gasteiger partial charge in [0.25, 0.3) is 5.91 Å². The molecule has 0 aliphatic carbocycles. The summed E-state index contributed by atoms with van der Waals surface area (Å²) in [6.45, 7) is 2.23. The molecule has 0 bridgehead atoms. The number of carbonyl (C=O) groups excluding carboxylic acids is 2. The molecule has 0 saturated heterocycles. The lowest BCUT2D eigenvalue weighted by Crippen LogP contribution is -2.17. The van der Waals surface area contributed by atoms with Crippen molar-refractivity contribution in [1.82, 2.24) is 5.32 Å². The molecule has 1 amide bonds. The van der Waals surface area contributed by atoms with Crippen LogP contribution in [-0.2, 0) is 22.3 Å². The van der Waals surface area contributed by atoms with Crippen molar-refractivity contribution in [2.24, 2.45) is 0 Å². The molecule has 0 heterocycles. The molecular formula is C21H18F3N3O3. The minimum absolute atomic E-state index is 0.0782. The van der Waals surface area contributed by atoms with Gasteiger partial charge in [0.2, 0.25) is 0 Å². The Kier molecular flexibility index (Phi) is 7.58. The summed E-state index contributed by atoms with van der Waals surface area (Å²) in [5.41, 5.74) is -0.127. The number of hydrogen-bond donors (Lipinski definition) is 2. The molecule has 30 heavy (non-hydrogen) atoms. The summed E-state index contributed by atoms with van der Waals surface area (Å²) in [6.07, 6.45) is -3.37. The van der Waals surface area contributed by atoms with Crippen molar-refractivity contribution >= 4 is 17.6 Å². The van der Waals surface area contributed by atoms with Crippen LogP contribution in [-0.4, -0.2) is 18.5 Å². The van der Waals surface area contributed by atoms with E-state index in [0.29, 0.717) is 5.56 Å². The molecule has 0 radical (unpaired) electrons. The Morgan fingerprint density at radius 2 is 1.87 bits per heavy atom. The Morgan fingerprint density at radius 1 is 1.17 bits per heavy atom. The first-order chi connectivity index (χ1) is 14.2. The number of esters is 1. The molecule has 0 atom stereocenters. The van der Waals surface area contributed by atoms with Crippen LogP contribution in [0.1, 0.15) is 28.4 Å². The normalized spacial score (nSPS) is 11.4. The van der Waals surface area contributed by atoms with Crippen LogP contribution in [0.15, 0.2) is 60.3 Å². The van der Waals surface area contributed by atoms with Crippen molar-refractivity contribution in [3.05, 3.63) is 77.0 Å². The Bertz CT molecular complexity index is 977. The summed E-state index contributed by atoms with van der Waals surface area (Å²) in [5, 5.41) is 14.2. The van der Waals surface area contributed by atoms with Crippen molar-refractivity contribution < 1.29 is 27.5 Å². The van der Waals surface area contributed by atoms with E-state index in [1.165, 1.54) is 12.3 Å². The third kappa shape index (κ3) is 6.38. The zero-order valence-electron chi connectivity index (χ0n) is 15.9. The molecule has 0 aliphatic rings. The van der Waals surface area contributed by atoms with E-state index in [4.69, 9.17) is 10.00 Å². The summed E-state index contributed by atoms with van der Waals surface area (Å²) in [6, 6.07) is 12.3. The molecule has 0 spiro atoms. The third-order valence-corrected chi connectivity index (χ3v) is 3.83. The smallest absolute Gasteiger partial charge is 0.416 e. The number of rotatable bonds is 7. The number of nitrogens with one attached hydrogen (secondary N) is 2. The highest BCUT2D eigenvalue weighted by Crippen LogP contribution is 2.30. The van der Waals surface area contributed by atoms with Gasteiger partial charge in [0.15, 0.2) is 0 Å². The molecule has 9 heteroatoms. The SMILES string of the molecule is CCOC(=O)c1ccc(CN/C=C(/C#N)C(=O)Nc2cccc(C(F)(F)F)c2)cc1. The molecule has 2 N–H and O–H groups in total. The van der Waals surface area contributed by atoms with E-state index in [1.54, 1.807) is 37.3 Å². The second-order valence-electron chi connectivity index (χ2n) is 6.00. The van der Waals surface area contributed by atoms with E-state index in [-0.39, 0.29) is 24.4 Å². The highest BCUT2D eigenvalue weighted by molar-refractivity contribution is 6.06. The van der Waals surface area contributed by atoms with E-state index in [0.717, 1.165) is 23.8 Å². The van der Waals surface area contributed by atoms with Crippen LogP contribution in [0, 0.1) is 11.3 Å². The van der Waals surface area contributed by atoms with Crippen LogP contribution in [0.5, 0.6) is 0 Å². The minimum Gasteiger partial charge on any atom is -0.462 e. The fraction of sp³-hybridized carbons (Fsp3) is 0.190. The van der Waals surface area contributed by atoms with Crippen molar-refractivity contribution in [2.45, 2.75) is 19.6 Å². The van der Waals surface area contributed by atoms with Gasteiger partial charge < -0.3 is 15.4 Å². The van der Waals surface area contributed by atoms with Gasteiger partial charge in [0.1, 0.15) is 11.6 Å². The largest absolute Gasteiger partial charge is 0.462 e. The number of hydrogen-bond acceptors (Lipinski definition) is 5. The minimum atomic E-state index is -4.54. The zero-order valence-corrected chi connectivity index (χ0v) is 15.9. The Labute approximate surface area is 171 Å². The number of alkyl halides is 3. The number of anilines is 1. The summed E-state index contributed by atoms with van der Waals surface area (Å²) in [5.74, 6) is -1.28. The van der Waals surface area contributed by atoms with Crippen molar-refractivity contribution in [3.63, 3.8) is 0 Å². The number of nitriles is 1. The predicted octanol–water partition coefficient (Wildman–Crippen LogP) is 4.02. The second-order valence-corrected chi connectivity index (χ2v) is 6.00. The standard InChI is InChI=1S/C21H18F3N3O3/c1-2-30-20(29)15-8-6-14(7-9-15)12-26-13-16(11-25)19(28)27-18-5-3-4-17(10-18)21(22,23)24/h3-10,13,26H,2,12H2,1H3,(H,27,28)/b16-13-. The molecule has 0 fully saturated rings. The van der Waals surface area contributed by atoms with Gasteiger partial charge in [0, 0.05) is 18.4 Å². The van der Waals surface area contributed by atoms with Gasteiger partial charge in [-0.3, -0.25) is 4.79 Å². The summed E-state index contributed by atoms with van der Waals surface area (Å²) in [7, 11) is 0. The molecular weight excluding hydrogens is 399 g/mol. The summed E-state index contributed by atoms with van der Waals surface area (Å²) < 4.78 is 43.1. The predicted molar refractivity (Wildman–Crippen MR) is 103 cm³/mol. The van der Waals surface area contributed by atoms with E-state index in [9.17, 15) is 22.8 Å². The monoisotopic (exact) mass is 417 g/mol. The zero-order chi connectivity index (χ0) is 22.1. The van der Waals surface area contributed by atoms with Gasteiger partial charge in [-0.25, -0.2) is 4.79 Å². The van der Waals surface area contributed by atoms with Gasteiger partial charge in [0.05, 0.1) is 17.7 Å². The number of halogens is 3. The van der Waals surface area contributed by atoms with Gasteiger partial charge in [-0.15, -0.1) is 0 Å². The van der Waals surface area contributed by atoms with Crippen LogP contribution < -0.4 is 10.6 Å². The molecule has 0 aliphatic heterocycles. The number of amides is 1. The third-order valence-electron chi connectivity index (χ3n) is 3.83. The van der Waals surface area contributed by atoms with Crippen LogP contribution in [0.3, 0.4) is 0 Å². The lowest BCUT2D eigenvalue weighted by atomic mass is 10.1. The van der Waals surface area contributed by atoms with Crippen molar-refractivity contribution in [3.8, 4) is 6.07 Å². The first-order valence-electron chi connectivity index (χ1n) is 8.83. The van der Waals surface area contributed by atoms with Crippen molar-refractivity contribution in [1.29, 1.82) is 5.26 Å². The number of ether oxygens (including phenoxy) is 1. The maximum atomic E-state index is 12.8. The molecule has 0 saturated carbocycles. The van der Waals surface area contributed by atoms with Gasteiger partial charge >= 0.3 is 12.1 Å². The molecule has 156 valence electrons. The first kappa shape index (κ1) is 22.5. The second kappa shape index (κ2) is 10.1. The van der Waals surface area contributed by atoms with Crippen LogP contribution >= 0.6 is 0 Å². The molecule has 6 nitrogen and oxygen atoms in total. The average molecular weight is 417 g/mol. The highest BCUT2D eigenvalue weighted by Gasteiger charge is 2.30. The van der Waals surface area contributed by atoms with E-state index in [1.807, 2.05) is 0 Å². The highest BCUT2D eigenvalue weighted by atomic mass is 19.4. The van der Waals surface area contributed by atoms with Crippen LogP contribution in [0.2, 0.25) is 0 Å². The summed E-state index contributed by atoms with van der Waals surface area (Å²) in [4.78, 5) is 23.8. The Hall–Kier alpha value is -3.80. The average Bonchev–Trinajstić information content (AvgIpc) is 2.71. The van der Waals surface area contributed by atoms with Crippen molar-refractivity contribution in [2.75, 3.05) is 11.9 Å². The first-order valence-corrected chi connectivity index (χ1v) is 8.83. The fourth-order valence-electron chi connectivity index (χ4n) is 2.36. The Morgan fingerprint density at radius 3 is 2.47 bits per heavy atom. The lowest BCUT2D eigenvalue weighted by molar-refractivity contribution is -0.137. The van der Waals surface area contributed by atoms with Crippen LogP contribution in [0.25, 0.3) is 0 Å². The number of nitrogens with zero attached hydrogens (tertiary/aromatic N) is 1. The molecule has 2 rings (SSSR count). The van der Waals surface area contributed by atoms with Crippen LogP contribution in [0.4, 0.5) is 18.9 Å². The quantitative estimate of drug-likeness (QED) is 0.403. The molecule has 2 aromatic carbocycles. The maximum Gasteiger partial charge on any atom is 0.416 e. The molecule has 0 unspecified atom stereocenters. The van der Waals surface area contributed by atoms with Gasteiger partial charge in [-0.2, -0.15) is 18.4 Å². The van der Waals surface area contributed by atoms with E-state index >= 15 is 0 Å². The fourth-order valence-corrected chi connectivity index (χ4v) is 2.36. The van der Waals surface area contributed by atoms with E-state index < -0.39 is 23.6 Å². The number of benzene rings is 2. The van der Waals surface area contributed by atoms with Gasteiger partial charge in [-0.1, -0.05) is 18.2 Å². The summed E-state index contributed by atoms with van der Waals surface area (Å²) >= 11 is 0. The van der Waals surface area contributed by atoms with E-state index in [2.05, 4.69) is 10.6 Å². The Balaban J connectivity index is 1.98. The molecule has 2 aromatic rings. The lowest BCUT2D eigenvalue weighted by Gasteiger charge is -2.09. The topological polar surface area (TPSA) is 91.2 Å². The molecule has 0 aromatic heterocycles. The van der Waals surface area contributed by atoms with Gasteiger partial charge in [-0.05, 0) is 42.8 Å². The number of carbonyl (C=O) groups is 2.